The Kier molecular flexibility index (Phi) is 3.87. The molecule has 2 nitrogen and oxygen atoms in total. The van der Waals surface area contributed by atoms with Gasteiger partial charge in [0.2, 0.25) is 0 Å². The van der Waals surface area contributed by atoms with Crippen molar-refractivity contribution >= 4 is 21.8 Å². The van der Waals surface area contributed by atoms with Crippen molar-refractivity contribution in [1.82, 2.24) is 5.32 Å². The van der Waals surface area contributed by atoms with Crippen LogP contribution in [0.15, 0.2) is 18.2 Å². The van der Waals surface area contributed by atoms with Gasteiger partial charge in [-0.05, 0) is 43.7 Å². The highest BCUT2D eigenvalue weighted by atomic mass is 79.9. The predicted molar refractivity (Wildman–Crippen MR) is 73.7 cm³/mol. The minimum atomic E-state index is 0.0469. The SMILES string of the molecule is Cc1cccc(C)c1C(=O)NCC(Br)C1CC1. The zero-order chi connectivity index (χ0) is 12.4. The zero-order valence-electron chi connectivity index (χ0n) is 10.3. The Bertz CT molecular complexity index is 406. The molecule has 1 fully saturated rings. The molecule has 1 amide bonds. The van der Waals surface area contributed by atoms with Crippen LogP contribution in [0.4, 0.5) is 0 Å². The summed E-state index contributed by atoms with van der Waals surface area (Å²) in [5, 5.41) is 3.02. The summed E-state index contributed by atoms with van der Waals surface area (Å²) in [6, 6.07) is 5.95. The molecule has 17 heavy (non-hydrogen) atoms. The van der Waals surface area contributed by atoms with Gasteiger partial charge in [-0.2, -0.15) is 0 Å². The highest BCUT2D eigenvalue weighted by Gasteiger charge is 2.29. The Balaban J connectivity index is 1.99. The van der Waals surface area contributed by atoms with Gasteiger partial charge >= 0.3 is 0 Å². The van der Waals surface area contributed by atoms with Gasteiger partial charge in [-0.15, -0.1) is 0 Å². The normalized spacial score (nSPS) is 16.6. The molecule has 0 radical (unpaired) electrons. The van der Waals surface area contributed by atoms with Crippen molar-refractivity contribution < 1.29 is 4.79 Å². The molecule has 1 aromatic carbocycles. The molecule has 1 N–H and O–H groups in total. The van der Waals surface area contributed by atoms with Gasteiger partial charge in [0.05, 0.1) is 0 Å². The van der Waals surface area contributed by atoms with E-state index in [1.165, 1.54) is 12.8 Å². The Labute approximate surface area is 111 Å². The van der Waals surface area contributed by atoms with Gasteiger partial charge in [-0.25, -0.2) is 0 Å². The lowest BCUT2D eigenvalue weighted by Gasteiger charge is -2.13. The second-order valence-electron chi connectivity index (χ2n) is 4.83. The second-order valence-corrected chi connectivity index (χ2v) is 6.01. The molecule has 1 aliphatic rings. The number of aryl methyl sites for hydroxylation is 2. The summed E-state index contributed by atoms with van der Waals surface area (Å²) < 4.78 is 0. The fourth-order valence-electron chi connectivity index (χ4n) is 2.08. The summed E-state index contributed by atoms with van der Waals surface area (Å²) >= 11 is 3.63. The number of halogens is 1. The largest absolute Gasteiger partial charge is 0.351 e. The average Bonchev–Trinajstić information content (AvgIpc) is 3.09. The molecule has 1 atom stereocenters. The van der Waals surface area contributed by atoms with E-state index in [1.54, 1.807) is 0 Å². The number of carbonyl (C=O) groups excluding carboxylic acids is 1. The lowest BCUT2D eigenvalue weighted by Crippen LogP contribution is -2.31. The molecule has 3 heteroatoms. The van der Waals surface area contributed by atoms with E-state index in [4.69, 9.17) is 0 Å². The Morgan fingerprint density at radius 1 is 1.41 bits per heavy atom. The molecule has 1 unspecified atom stereocenters. The highest BCUT2D eigenvalue weighted by molar-refractivity contribution is 9.09. The number of carbonyl (C=O) groups is 1. The van der Waals surface area contributed by atoms with Gasteiger partial charge < -0.3 is 5.32 Å². The Morgan fingerprint density at radius 3 is 2.53 bits per heavy atom. The summed E-state index contributed by atoms with van der Waals surface area (Å²) in [5.74, 6) is 0.805. The minimum Gasteiger partial charge on any atom is -0.351 e. The topological polar surface area (TPSA) is 29.1 Å². The van der Waals surface area contributed by atoms with Crippen LogP contribution in [-0.2, 0) is 0 Å². The van der Waals surface area contributed by atoms with E-state index in [0.29, 0.717) is 4.83 Å². The van der Waals surface area contributed by atoms with Crippen LogP contribution in [0.1, 0.15) is 34.3 Å². The molecular formula is C14H18BrNO. The third kappa shape index (κ3) is 3.09. The molecule has 0 spiro atoms. The summed E-state index contributed by atoms with van der Waals surface area (Å²) in [4.78, 5) is 12.5. The van der Waals surface area contributed by atoms with Gasteiger partial charge in [-0.1, -0.05) is 34.1 Å². The molecule has 0 saturated heterocycles. The number of amides is 1. The third-order valence-corrected chi connectivity index (χ3v) is 4.37. The van der Waals surface area contributed by atoms with Crippen LogP contribution >= 0.6 is 15.9 Å². The Hall–Kier alpha value is -0.830. The van der Waals surface area contributed by atoms with Crippen molar-refractivity contribution in [3.63, 3.8) is 0 Å². The lowest BCUT2D eigenvalue weighted by atomic mass is 10.0. The van der Waals surface area contributed by atoms with E-state index >= 15 is 0 Å². The number of benzene rings is 1. The van der Waals surface area contributed by atoms with E-state index in [2.05, 4.69) is 21.2 Å². The maximum Gasteiger partial charge on any atom is 0.251 e. The first-order chi connectivity index (χ1) is 8.09. The molecular weight excluding hydrogens is 278 g/mol. The summed E-state index contributed by atoms with van der Waals surface area (Å²) in [5.41, 5.74) is 2.91. The van der Waals surface area contributed by atoms with Crippen LogP contribution in [0.3, 0.4) is 0 Å². The van der Waals surface area contributed by atoms with Crippen molar-refractivity contribution in [2.45, 2.75) is 31.5 Å². The fourth-order valence-corrected chi connectivity index (χ4v) is 2.77. The molecule has 1 aliphatic carbocycles. The van der Waals surface area contributed by atoms with Gasteiger partial charge in [0.25, 0.3) is 5.91 Å². The lowest BCUT2D eigenvalue weighted by molar-refractivity contribution is 0.0952. The first-order valence-corrected chi connectivity index (χ1v) is 6.99. The zero-order valence-corrected chi connectivity index (χ0v) is 11.9. The van der Waals surface area contributed by atoms with Gasteiger partial charge in [0, 0.05) is 16.9 Å². The summed E-state index contributed by atoms with van der Waals surface area (Å²) in [6.45, 7) is 4.68. The molecule has 1 saturated carbocycles. The molecule has 0 bridgehead atoms. The van der Waals surface area contributed by atoms with Crippen LogP contribution in [0, 0.1) is 19.8 Å². The van der Waals surface area contributed by atoms with Crippen molar-refractivity contribution in [2.75, 3.05) is 6.54 Å². The second kappa shape index (κ2) is 5.21. The van der Waals surface area contributed by atoms with Crippen LogP contribution in [0.5, 0.6) is 0 Å². The number of hydrogen-bond donors (Lipinski definition) is 1. The van der Waals surface area contributed by atoms with E-state index in [9.17, 15) is 4.79 Å². The Morgan fingerprint density at radius 2 is 2.00 bits per heavy atom. The highest BCUT2D eigenvalue weighted by Crippen LogP contribution is 2.36. The summed E-state index contributed by atoms with van der Waals surface area (Å²) in [7, 11) is 0. The van der Waals surface area contributed by atoms with E-state index in [1.807, 2.05) is 32.0 Å². The maximum atomic E-state index is 12.1. The fraction of sp³-hybridized carbons (Fsp3) is 0.500. The number of rotatable bonds is 4. The van der Waals surface area contributed by atoms with E-state index in [0.717, 1.165) is 29.2 Å². The quantitative estimate of drug-likeness (QED) is 0.849. The smallest absolute Gasteiger partial charge is 0.251 e. The van der Waals surface area contributed by atoms with E-state index < -0.39 is 0 Å². The summed E-state index contributed by atoms with van der Waals surface area (Å²) in [6.07, 6.45) is 2.57. The molecule has 0 heterocycles. The van der Waals surface area contributed by atoms with Gasteiger partial charge in [-0.3, -0.25) is 4.79 Å². The standard InChI is InChI=1S/C14H18BrNO/c1-9-4-3-5-10(2)13(9)14(17)16-8-12(15)11-6-7-11/h3-5,11-12H,6-8H2,1-2H3,(H,16,17). The van der Waals surface area contributed by atoms with Crippen LogP contribution in [-0.4, -0.2) is 17.3 Å². The van der Waals surface area contributed by atoms with Gasteiger partial charge in [0.1, 0.15) is 0 Å². The van der Waals surface area contributed by atoms with Gasteiger partial charge in [0.15, 0.2) is 0 Å². The van der Waals surface area contributed by atoms with Crippen molar-refractivity contribution in [2.24, 2.45) is 5.92 Å². The minimum absolute atomic E-state index is 0.0469. The first-order valence-electron chi connectivity index (χ1n) is 6.08. The van der Waals surface area contributed by atoms with Crippen molar-refractivity contribution in [1.29, 1.82) is 0 Å². The van der Waals surface area contributed by atoms with Crippen molar-refractivity contribution in [3.8, 4) is 0 Å². The monoisotopic (exact) mass is 295 g/mol. The molecule has 0 aliphatic heterocycles. The molecule has 1 aromatic rings. The molecule has 2 rings (SSSR count). The first kappa shape index (κ1) is 12.6. The van der Waals surface area contributed by atoms with Crippen molar-refractivity contribution in [3.05, 3.63) is 34.9 Å². The van der Waals surface area contributed by atoms with E-state index in [-0.39, 0.29) is 5.91 Å². The molecule has 0 aromatic heterocycles. The molecule has 92 valence electrons. The predicted octanol–water partition coefficient (Wildman–Crippen LogP) is 3.21. The number of nitrogens with one attached hydrogen (secondary N) is 1. The number of alkyl halides is 1. The number of hydrogen-bond acceptors (Lipinski definition) is 1. The van der Waals surface area contributed by atoms with Crippen LogP contribution < -0.4 is 5.32 Å². The van der Waals surface area contributed by atoms with Crippen LogP contribution in [0.25, 0.3) is 0 Å². The maximum absolute atomic E-state index is 12.1. The average molecular weight is 296 g/mol. The van der Waals surface area contributed by atoms with Crippen LogP contribution in [0.2, 0.25) is 0 Å². The third-order valence-electron chi connectivity index (χ3n) is 3.30.